The molecule has 9 nitrogen and oxygen atoms in total. The van der Waals surface area contributed by atoms with Crippen molar-refractivity contribution in [1.29, 1.82) is 0 Å². The maximum Gasteiger partial charge on any atom is 0.343 e. The largest absolute Gasteiger partial charge is 0.481 e. The van der Waals surface area contributed by atoms with Gasteiger partial charge in [-0.1, -0.05) is 0 Å². The summed E-state index contributed by atoms with van der Waals surface area (Å²) >= 11 is 0. The highest BCUT2D eigenvalue weighted by atomic mass is 16.6. The molecule has 0 atom stereocenters. The first-order valence-corrected chi connectivity index (χ1v) is 6.08. The highest BCUT2D eigenvalue weighted by Gasteiger charge is 2.22. The number of ether oxygens (including phenoxy) is 4. The van der Waals surface area contributed by atoms with E-state index < -0.39 is 23.5 Å². The molecule has 0 amide bonds. The van der Waals surface area contributed by atoms with Crippen LogP contribution in [0, 0.1) is 17.0 Å². The zero-order valence-electron chi connectivity index (χ0n) is 12.3. The molecule has 0 aliphatic carbocycles. The van der Waals surface area contributed by atoms with Crippen molar-refractivity contribution in [2.24, 2.45) is 0 Å². The molecule has 0 aromatic heterocycles. The quantitative estimate of drug-likeness (QED) is 0.416. The number of nitrogens with zero attached hydrogens (tertiary/aromatic N) is 1. The number of nitro benzene ring substituents is 1. The highest BCUT2D eigenvalue weighted by molar-refractivity contribution is 5.72. The summed E-state index contributed by atoms with van der Waals surface area (Å²) in [6.45, 7) is 0.663. The predicted molar refractivity (Wildman–Crippen MR) is 72.9 cm³/mol. The van der Waals surface area contributed by atoms with Crippen LogP contribution >= 0.6 is 0 Å². The number of rotatable bonds is 7. The van der Waals surface area contributed by atoms with Crippen molar-refractivity contribution in [2.45, 2.75) is 6.92 Å². The van der Waals surface area contributed by atoms with E-state index in [4.69, 9.17) is 9.47 Å². The second-order valence-electron chi connectivity index (χ2n) is 4.02. The Bertz CT molecular complexity index is 584. The molecular formula is C13H15NO8. The number of hydrogen-bond donors (Lipinski definition) is 0. The molecule has 0 heterocycles. The number of hydrogen-bond acceptors (Lipinski definition) is 8. The Morgan fingerprint density at radius 3 is 2.14 bits per heavy atom. The summed E-state index contributed by atoms with van der Waals surface area (Å²) in [7, 11) is 2.38. The van der Waals surface area contributed by atoms with E-state index in [2.05, 4.69) is 9.47 Å². The van der Waals surface area contributed by atoms with E-state index in [0.29, 0.717) is 0 Å². The fraction of sp³-hybridized carbons (Fsp3) is 0.385. The molecule has 120 valence electrons. The van der Waals surface area contributed by atoms with Crippen LogP contribution in [0.1, 0.15) is 5.56 Å². The van der Waals surface area contributed by atoms with Crippen molar-refractivity contribution in [3.05, 3.63) is 27.8 Å². The number of methoxy groups -OCH3 is 2. The van der Waals surface area contributed by atoms with E-state index >= 15 is 0 Å². The van der Waals surface area contributed by atoms with E-state index in [1.165, 1.54) is 27.2 Å². The summed E-state index contributed by atoms with van der Waals surface area (Å²) in [6.07, 6.45) is 0. The molecule has 0 aliphatic rings. The minimum Gasteiger partial charge on any atom is -0.481 e. The van der Waals surface area contributed by atoms with E-state index in [1.54, 1.807) is 0 Å². The molecule has 0 saturated heterocycles. The second kappa shape index (κ2) is 7.81. The van der Waals surface area contributed by atoms with Crippen LogP contribution in [0.5, 0.6) is 11.5 Å². The summed E-state index contributed by atoms with van der Waals surface area (Å²) in [5.41, 5.74) is -0.0474. The first-order chi connectivity index (χ1) is 10.4. The molecule has 1 rings (SSSR count). The van der Waals surface area contributed by atoms with Crippen LogP contribution in [0.4, 0.5) is 5.69 Å². The van der Waals surface area contributed by atoms with Crippen LogP contribution < -0.4 is 9.47 Å². The minimum absolute atomic E-state index is 0.127. The van der Waals surface area contributed by atoms with E-state index in [0.717, 1.165) is 6.07 Å². The van der Waals surface area contributed by atoms with Crippen LogP contribution in [0.15, 0.2) is 12.1 Å². The molecule has 1 aromatic carbocycles. The fourth-order valence-corrected chi connectivity index (χ4v) is 1.53. The number of carbonyl (C=O) groups is 2. The molecule has 0 fully saturated rings. The van der Waals surface area contributed by atoms with Gasteiger partial charge in [0.1, 0.15) is 5.75 Å². The van der Waals surface area contributed by atoms with Gasteiger partial charge in [-0.3, -0.25) is 10.1 Å². The van der Waals surface area contributed by atoms with Crippen LogP contribution in [-0.4, -0.2) is 44.3 Å². The molecule has 9 heteroatoms. The topological polar surface area (TPSA) is 114 Å². The predicted octanol–water partition coefficient (Wildman–Crippen LogP) is 1.01. The van der Waals surface area contributed by atoms with Crippen molar-refractivity contribution in [3.8, 4) is 11.5 Å². The Kier molecular flexibility index (Phi) is 6.11. The van der Waals surface area contributed by atoms with E-state index in [-0.39, 0.29) is 29.4 Å². The summed E-state index contributed by atoms with van der Waals surface area (Å²) in [5.74, 6) is -1.21. The van der Waals surface area contributed by atoms with Crippen LogP contribution in [0.2, 0.25) is 0 Å². The van der Waals surface area contributed by atoms with Gasteiger partial charge in [0, 0.05) is 11.6 Å². The first-order valence-electron chi connectivity index (χ1n) is 6.08. The molecule has 0 radical (unpaired) electrons. The molecular weight excluding hydrogens is 298 g/mol. The first kappa shape index (κ1) is 17.2. The van der Waals surface area contributed by atoms with Crippen LogP contribution in [-0.2, 0) is 19.1 Å². The van der Waals surface area contributed by atoms with Crippen molar-refractivity contribution in [2.75, 3.05) is 27.4 Å². The normalized spacial score (nSPS) is 9.77. The van der Waals surface area contributed by atoms with Crippen molar-refractivity contribution in [1.82, 2.24) is 0 Å². The summed E-state index contributed by atoms with van der Waals surface area (Å²) in [5, 5.41) is 11.0. The molecule has 0 bridgehead atoms. The SMILES string of the molecule is COC(=O)COc1ccc([N+](=O)[O-])c(OCC(=O)OC)c1C. The lowest BCUT2D eigenvalue weighted by atomic mass is 10.1. The third-order valence-electron chi connectivity index (χ3n) is 2.67. The van der Waals surface area contributed by atoms with Gasteiger partial charge < -0.3 is 18.9 Å². The minimum atomic E-state index is -0.686. The second-order valence-corrected chi connectivity index (χ2v) is 4.02. The summed E-state index contributed by atoms with van der Waals surface area (Å²) in [4.78, 5) is 32.5. The molecule has 0 unspecified atom stereocenters. The van der Waals surface area contributed by atoms with Crippen LogP contribution in [0.3, 0.4) is 0 Å². The number of esters is 2. The maximum atomic E-state index is 11.1. The van der Waals surface area contributed by atoms with Crippen molar-refractivity contribution < 1.29 is 33.5 Å². The molecule has 1 aromatic rings. The molecule has 0 aliphatic heterocycles. The lowest BCUT2D eigenvalue weighted by Gasteiger charge is -2.13. The Morgan fingerprint density at radius 1 is 1.09 bits per heavy atom. The lowest BCUT2D eigenvalue weighted by Crippen LogP contribution is -2.15. The standard InChI is InChI=1S/C13H15NO8/c1-8-10(21-6-11(15)19-2)5-4-9(14(17)18)13(8)22-7-12(16)20-3/h4-5H,6-7H2,1-3H3. The monoisotopic (exact) mass is 313 g/mol. The van der Waals surface area contributed by atoms with Gasteiger partial charge in [-0.2, -0.15) is 0 Å². The smallest absolute Gasteiger partial charge is 0.343 e. The van der Waals surface area contributed by atoms with Crippen molar-refractivity contribution >= 4 is 17.6 Å². The molecule has 0 spiro atoms. The average Bonchev–Trinajstić information content (AvgIpc) is 2.51. The van der Waals surface area contributed by atoms with Crippen molar-refractivity contribution in [3.63, 3.8) is 0 Å². The number of benzene rings is 1. The molecule has 22 heavy (non-hydrogen) atoms. The van der Waals surface area contributed by atoms with Gasteiger partial charge in [0.25, 0.3) is 0 Å². The Balaban J connectivity index is 3.05. The van der Waals surface area contributed by atoms with E-state index in [9.17, 15) is 19.7 Å². The third kappa shape index (κ3) is 4.33. The van der Waals surface area contributed by atoms with Gasteiger partial charge in [-0.05, 0) is 13.0 Å². The Morgan fingerprint density at radius 2 is 1.64 bits per heavy atom. The average molecular weight is 313 g/mol. The summed E-state index contributed by atoms with van der Waals surface area (Å²) < 4.78 is 19.2. The number of carbonyl (C=O) groups excluding carboxylic acids is 2. The van der Waals surface area contributed by atoms with Gasteiger partial charge in [-0.25, -0.2) is 9.59 Å². The Labute approximate surface area is 125 Å². The van der Waals surface area contributed by atoms with Crippen LogP contribution in [0.25, 0.3) is 0 Å². The maximum absolute atomic E-state index is 11.1. The fourth-order valence-electron chi connectivity index (χ4n) is 1.53. The van der Waals surface area contributed by atoms with Gasteiger partial charge in [-0.15, -0.1) is 0 Å². The molecule has 0 N–H and O–H groups in total. The van der Waals surface area contributed by atoms with Gasteiger partial charge >= 0.3 is 17.6 Å². The third-order valence-corrected chi connectivity index (χ3v) is 2.67. The Hall–Kier alpha value is -2.84. The highest BCUT2D eigenvalue weighted by Crippen LogP contribution is 2.36. The lowest BCUT2D eigenvalue weighted by molar-refractivity contribution is -0.385. The number of nitro groups is 1. The zero-order chi connectivity index (χ0) is 16.7. The zero-order valence-corrected chi connectivity index (χ0v) is 12.3. The van der Waals surface area contributed by atoms with Gasteiger partial charge in [0.15, 0.2) is 13.2 Å². The van der Waals surface area contributed by atoms with Gasteiger partial charge in [0.05, 0.1) is 19.1 Å². The van der Waals surface area contributed by atoms with E-state index in [1.807, 2.05) is 0 Å². The summed E-state index contributed by atoms with van der Waals surface area (Å²) in [6, 6.07) is 2.49. The molecule has 0 saturated carbocycles. The van der Waals surface area contributed by atoms with Gasteiger partial charge in [0.2, 0.25) is 5.75 Å².